The molecular weight excluding hydrogens is 382 g/mol. The van der Waals surface area contributed by atoms with Crippen LogP contribution in [0.4, 0.5) is 0 Å². The second kappa shape index (κ2) is 8.24. The van der Waals surface area contributed by atoms with E-state index < -0.39 is 0 Å². The third kappa shape index (κ3) is 3.69. The van der Waals surface area contributed by atoms with Gasteiger partial charge in [-0.05, 0) is 50.3 Å². The molecule has 2 aliphatic heterocycles. The number of hydrogen-bond donors (Lipinski definition) is 0. The van der Waals surface area contributed by atoms with Gasteiger partial charge in [0.15, 0.2) is 10.7 Å². The van der Waals surface area contributed by atoms with E-state index in [1.165, 1.54) is 24.8 Å². The molecule has 1 amide bonds. The van der Waals surface area contributed by atoms with Crippen molar-refractivity contribution in [2.75, 3.05) is 19.6 Å². The zero-order valence-electron chi connectivity index (χ0n) is 16.7. The van der Waals surface area contributed by atoms with Crippen molar-refractivity contribution in [1.29, 1.82) is 0 Å². The van der Waals surface area contributed by atoms with E-state index >= 15 is 0 Å². The number of imidazole rings is 1. The number of nitrogens with zero attached hydrogens (tertiary/aromatic N) is 5. The van der Waals surface area contributed by atoms with E-state index in [2.05, 4.69) is 31.9 Å². The molecule has 3 aromatic heterocycles. The Morgan fingerprint density at radius 2 is 2.00 bits per heavy atom. The van der Waals surface area contributed by atoms with Crippen molar-refractivity contribution in [3.63, 3.8) is 0 Å². The minimum absolute atomic E-state index is 0.102. The summed E-state index contributed by atoms with van der Waals surface area (Å²) in [6.45, 7) is 3.48. The van der Waals surface area contributed by atoms with E-state index in [0.29, 0.717) is 11.7 Å². The summed E-state index contributed by atoms with van der Waals surface area (Å²) in [7, 11) is 0. The Morgan fingerprint density at radius 3 is 2.83 bits per heavy atom. The Kier molecular flexibility index (Phi) is 5.33. The van der Waals surface area contributed by atoms with Crippen molar-refractivity contribution < 1.29 is 4.79 Å². The monoisotopic (exact) mass is 409 g/mol. The van der Waals surface area contributed by atoms with Crippen LogP contribution in [0.5, 0.6) is 0 Å². The fourth-order valence-corrected chi connectivity index (χ4v) is 5.46. The fourth-order valence-electron chi connectivity index (χ4n) is 4.72. The summed E-state index contributed by atoms with van der Waals surface area (Å²) in [5.74, 6) is 0.102. The third-order valence-corrected chi connectivity index (χ3v) is 7.00. The standard InChI is InChI=1S/C22H27N5OS/c28-21(25-10-3-1-4-11-25)20-19(27-13-14-29-22(27)24-20)16-26-12-5-2-8-18(26)17-7-6-9-23-15-17/h6-7,9,13-15,18H,1-5,8,10-12,16H2. The number of carbonyl (C=O) groups is 1. The second-order valence-corrected chi connectivity index (χ2v) is 8.96. The van der Waals surface area contributed by atoms with Gasteiger partial charge in [-0.25, -0.2) is 4.98 Å². The third-order valence-electron chi connectivity index (χ3n) is 6.24. The molecule has 0 N–H and O–H groups in total. The summed E-state index contributed by atoms with van der Waals surface area (Å²) in [5, 5.41) is 2.05. The minimum Gasteiger partial charge on any atom is -0.337 e. The Bertz CT molecular complexity index is 976. The fraction of sp³-hybridized carbons (Fsp3) is 0.500. The molecule has 0 saturated carbocycles. The molecule has 5 rings (SSSR count). The molecule has 2 aliphatic rings. The lowest BCUT2D eigenvalue weighted by molar-refractivity contribution is 0.0714. The van der Waals surface area contributed by atoms with Gasteiger partial charge in [0.05, 0.1) is 5.69 Å². The molecule has 6 nitrogen and oxygen atoms in total. The van der Waals surface area contributed by atoms with E-state index in [1.807, 2.05) is 23.4 Å². The van der Waals surface area contributed by atoms with Crippen molar-refractivity contribution in [2.24, 2.45) is 0 Å². The highest BCUT2D eigenvalue weighted by Crippen LogP contribution is 2.33. The quantitative estimate of drug-likeness (QED) is 0.650. The normalized spacial score (nSPS) is 21.0. The van der Waals surface area contributed by atoms with E-state index in [4.69, 9.17) is 4.98 Å². The SMILES string of the molecule is O=C(c1nc2sccn2c1CN1CCCCC1c1cccnc1)N1CCCCC1. The Labute approximate surface area is 175 Å². The minimum atomic E-state index is 0.102. The van der Waals surface area contributed by atoms with Crippen molar-refractivity contribution >= 4 is 22.2 Å². The highest BCUT2D eigenvalue weighted by atomic mass is 32.1. The van der Waals surface area contributed by atoms with Crippen LogP contribution >= 0.6 is 11.3 Å². The van der Waals surface area contributed by atoms with Gasteiger partial charge in [0.1, 0.15) is 0 Å². The van der Waals surface area contributed by atoms with Gasteiger partial charge in [0.2, 0.25) is 0 Å². The number of fused-ring (bicyclic) bond motifs is 1. The van der Waals surface area contributed by atoms with Crippen molar-refractivity contribution in [1.82, 2.24) is 24.2 Å². The van der Waals surface area contributed by atoms with Crippen LogP contribution in [0.1, 0.15) is 66.3 Å². The molecule has 152 valence electrons. The van der Waals surface area contributed by atoms with E-state index in [1.54, 1.807) is 11.3 Å². The highest BCUT2D eigenvalue weighted by Gasteiger charge is 2.30. The Balaban J connectivity index is 1.47. The molecule has 5 heterocycles. The maximum Gasteiger partial charge on any atom is 0.274 e. The first-order chi connectivity index (χ1) is 14.3. The molecule has 0 spiro atoms. The van der Waals surface area contributed by atoms with Gasteiger partial charge in [-0.2, -0.15) is 0 Å². The number of likely N-dealkylation sites (tertiary alicyclic amines) is 2. The molecule has 3 aromatic rings. The maximum atomic E-state index is 13.3. The number of amides is 1. The number of hydrogen-bond acceptors (Lipinski definition) is 5. The number of pyridine rings is 1. The summed E-state index contributed by atoms with van der Waals surface area (Å²) in [6, 6.07) is 4.54. The molecule has 0 radical (unpaired) electrons. The zero-order valence-corrected chi connectivity index (χ0v) is 17.5. The average Bonchev–Trinajstić information content (AvgIpc) is 3.37. The van der Waals surface area contributed by atoms with Gasteiger partial charge < -0.3 is 4.90 Å². The first kappa shape index (κ1) is 18.8. The van der Waals surface area contributed by atoms with Crippen LogP contribution < -0.4 is 0 Å². The summed E-state index contributed by atoms with van der Waals surface area (Å²) in [4.78, 5) is 27.8. The van der Waals surface area contributed by atoms with Crippen LogP contribution in [0.2, 0.25) is 0 Å². The summed E-state index contributed by atoms with van der Waals surface area (Å²) < 4.78 is 2.12. The van der Waals surface area contributed by atoms with Crippen LogP contribution in [-0.2, 0) is 6.54 Å². The van der Waals surface area contributed by atoms with Crippen LogP contribution in [0.15, 0.2) is 36.1 Å². The van der Waals surface area contributed by atoms with Gasteiger partial charge in [-0.15, -0.1) is 11.3 Å². The lowest BCUT2D eigenvalue weighted by atomic mass is 9.96. The zero-order chi connectivity index (χ0) is 19.6. The maximum absolute atomic E-state index is 13.3. The lowest BCUT2D eigenvalue weighted by Gasteiger charge is -2.36. The summed E-state index contributed by atoms with van der Waals surface area (Å²) in [6.07, 6.45) is 12.8. The molecule has 1 unspecified atom stereocenters. The van der Waals surface area contributed by atoms with E-state index in [0.717, 1.165) is 56.1 Å². The molecule has 29 heavy (non-hydrogen) atoms. The molecule has 0 aromatic carbocycles. The van der Waals surface area contributed by atoms with Crippen molar-refractivity contribution in [2.45, 2.75) is 51.1 Å². The lowest BCUT2D eigenvalue weighted by Crippen LogP contribution is -2.37. The molecule has 2 fully saturated rings. The van der Waals surface area contributed by atoms with Crippen LogP contribution in [0.25, 0.3) is 4.96 Å². The van der Waals surface area contributed by atoms with E-state index in [-0.39, 0.29) is 5.91 Å². The molecular formula is C22H27N5OS. The van der Waals surface area contributed by atoms with Crippen molar-refractivity contribution in [3.8, 4) is 0 Å². The first-order valence-electron chi connectivity index (χ1n) is 10.7. The summed E-state index contributed by atoms with van der Waals surface area (Å²) in [5.41, 5.74) is 2.95. The van der Waals surface area contributed by atoms with Gasteiger partial charge in [-0.1, -0.05) is 12.5 Å². The smallest absolute Gasteiger partial charge is 0.274 e. The van der Waals surface area contributed by atoms with Crippen molar-refractivity contribution in [3.05, 3.63) is 53.1 Å². The molecule has 1 atom stereocenters. The Hall–Kier alpha value is -2.25. The van der Waals surface area contributed by atoms with Gasteiger partial charge in [-0.3, -0.25) is 19.1 Å². The largest absolute Gasteiger partial charge is 0.337 e. The predicted molar refractivity (Wildman–Crippen MR) is 114 cm³/mol. The van der Waals surface area contributed by atoms with Gasteiger partial charge >= 0.3 is 0 Å². The molecule has 0 bridgehead atoms. The number of piperidine rings is 2. The number of aromatic nitrogens is 3. The number of thiazole rings is 1. The van der Waals surface area contributed by atoms with Gasteiger partial charge in [0, 0.05) is 49.6 Å². The van der Waals surface area contributed by atoms with Crippen LogP contribution in [0, 0.1) is 0 Å². The highest BCUT2D eigenvalue weighted by molar-refractivity contribution is 7.15. The molecule has 7 heteroatoms. The summed E-state index contributed by atoms with van der Waals surface area (Å²) >= 11 is 1.60. The number of carbonyl (C=O) groups excluding carboxylic acids is 1. The number of rotatable bonds is 4. The van der Waals surface area contributed by atoms with Crippen LogP contribution in [0.3, 0.4) is 0 Å². The van der Waals surface area contributed by atoms with E-state index in [9.17, 15) is 4.79 Å². The predicted octanol–water partition coefficient (Wildman–Crippen LogP) is 4.14. The average molecular weight is 410 g/mol. The topological polar surface area (TPSA) is 53.7 Å². The first-order valence-corrected chi connectivity index (χ1v) is 11.6. The van der Waals surface area contributed by atoms with Gasteiger partial charge in [0.25, 0.3) is 5.91 Å². The molecule has 2 saturated heterocycles. The van der Waals surface area contributed by atoms with Crippen LogP contribution in [-0.4, -0.2) is 49.7 Å². The Morgan fingerprint density at radius 1 is 1.14 bits per heavy atom. The molecule has 0 aliphatic carbocycles. The second-order valence-electron chi connectivity index (χ2n) is 8.08.